The van der Waals surface area contributed by atoms with Gasteiger partial charge in [0, 0.05) is 57.4 Å². The van der Waals surface area contributed by atoms with Crippen molar-refractivity contribution in [2.75, 3.05) is 51.2 Å². The average Bonchev–Trinajstić information content (AvgIpc) is 3.49. The predicted molar refractivity (Wildman–Crippen MR) is 144 cm³/mol. The maximum atomic E-state index is 14.1. The molecular weight excluding hydrogens is 540 g/mol. The minimum atomic E-state index is -3.68. The molecule has 6 rings (SSSR count). The predicted octanol–water partition coefficient (Wildman–Crippen LogP) is 3.68. The van der Waals surface area contributed by atoms with Gasteiger partial charge in [-0.15, -0.1) is 0 Å². The molecule has 192 valence electrons. The molecule has 0 unspecified atom stereocenters. The third kappa shape index (κ3) is 4.36. The van der Waals surface area contributed by atoms with Crippen LogP contribution < -0.4 is 4.90 Å². The van der Waals surface area contributed by atoms with Gasteiger partial charge in [0.15, 0.2) is 0 Å². The number of benzene rings is 1. The van der Waals surface area contributed by atoms with E-state index in [-0.39, 0.29) is 5.41 Å². The van der Waals surface area contributed by atoms with Crippen LogP contribution >= 0.6 is 15.9 Å². The van der Waals surface area contributed by atoms with Gasteiger partial charge in [-0.25, -0.2) is 13.4 Å². The molecule has 0 amide bonds. The maximum absolute atomic E-state index is 14.1. The SMILES string of the molecule is CN1C[C@@H]2CN(S(=O)(=O)c3cc4ccccc4nc3N3CCC(Cn4cc(Br)cn4)CC3)C[C@]2(C)C1. The van der Waals surface area contributed by atoms with Crippen LogP contribution in [0.2, 0.25) is 0 Å². The third-order valence-electron chi connectivity index (χ3n) is 8.36. The number of fused-ring (bicyclic) bond motifs is 2. The molecule has 0 spiro atoms. The van der Waals surface area contributed by atoms with E-state index in [2.05, 4.69) is 44.8 Å². The molecule has 3 aliphatic heterocycles. The van der Waals surface area contributed by atoms with Crippen LogP contribution in [0.1, 0.15) is 19.8 Å². The van der Waals surface area contributed by atoms with Gasteiger partial charge < -0.3 is 9.80 Å². The van der Waals surface area contributed by atoms with Crippen molar-refractivity contribution in [3.63, 3.8) is 0 Å². The standard InChI is InChI=1S/C26H33BrN6O2S/c1-26-17-30(2)14-21(26)15-33(18-26)36(34,35)24-11-20-5-3-4-6-23(20)29-25(24)31-9-7-19(8-10-31)13-32-16-22(27)12-28-32/h3-6,11-12,16,19,21H,7-10,13-15,17-18H2,1-2H3/t21-,26+/m1/s1. The minimum absolute atomic E-state index is 0.00605. The van der Waals surface area contributed by atoms with Crippen LogP contribution in [-0.2, 0) is 16.6 Å². The van der Waals surface area contributed by atoms with E-state index in [1.807, 2.05) is 47.4 Å². The topological polar surface area (TPSA) is 74.6 Å². The smallest absolute Gasteiger partial charge is 0.246 e. The Morgan fingerprint density at radius 3 is 2.64 bits per heavy atom. The highest BCUT2D eigenvalue weighted by Crippen LogP contribution is 2.44. The molecule has 0 saturated carbocycles. The molecular formula is C26H33BrN6O2S. The highest BCUT2D eigenvalue weighted by molar-refractivity contribution is 9.10. The Bertz CT molecular complexity index is 1390. The Balaban J connectivity index is 1.29. The normalized spacial score (nSPS) is 26.2. The number of sulfonamides is 1. The number of halogens is 1. The van der Waals surface area contributed by atoms with E-state index >= 15 is 0 Å². The van der Waals surface area contributed by atoms with Crippen molar-refractivity contribution in [3.05, 3.63) is 47.2 Å². The molecule has 3 aromatic rings. The number of aromatic nitrogens is 3. The summed E-state index contributed by atoms with van der Waals surface area (Å²) >= 11 is 3.47. The van der Waals surface area contributed by atoms with E-state index in [0.717, 1.165) is 60.9 Å². The molecule has 10 heteroatoms. The number of likely N-dealkylation sites (tertiary alicyclic amines) is 1. The Morgan fingerprint density at radius 2 is 1.92 bits per heavy atom. The van der Waals surface area contributed by atoms with Gasteiger partial charge in [-0.1, -0.05) is 25.1 Å². The van der Waals surface area contributed by atoms with Crippen LogP contribution in [0.15, 0.2) is 52.1 Å². The Hall–Kier alpha value is -2.01. The lowest BCUT2D eigenvalue weighted by atomic mass is 9.83. The van der Waals surface area contributed by atoms with Gasteiger partial charge in [0.1, 0.15) is 10.7 Å². The highest BCUT2D eigenvalue weighted by atomic mass is 79.9. The van der Waals surface area contributed by atoms with Crippen LogP contribution in [-0.4, -0.2) is 78.7 Å². The van der Waals surface area contributed by atoms with Gasteiger partial charge in [0.2, 0.25) is 10.0 Å². The van der Waals surface area contributed by atoms with Crippen LogP contribution in [0.4, 0.5) is 5.82 Å². The summed E-state index contributed by atoms with van der Waals surface area (Å²) in [5, 5.41) is 5.27. The van der Waals surface area contributed by atoms with Crippen molar-refractivity contribution < 1.29 is 8.42 Å². The number of hydrogen-bond acceptors (Lipinski definition) is 6. The first-order valence-electron chi connectivity index (χ1n) is 12.7. The van der Waals surface area contributed by atoms with Crippen molar-refractivity contribution in [1.82, 2.24) is 24.0 Å². The second-order valence-corrected chi connectivity index (χ2v) is 14.0. The van der Waals surface area contributed by atoms with Crippen molar-refractivity contribution in [1.29, 1.82) is 0 Å². The molecule has 3 aliphatic rings. The molecule has 3 fully saturated rings. The zero-order chi connectivity index (χ0) is 25.1. The lowest BCUT2D eigenvalue weighted by Crippen LogP contribution is -2.38. The van der Waals surface area contributed by atoms with Crippen molar-refractivity contribution in [2.24, 2.45) is 17.3 Å². The highest BCUT2D eigenvalue weighted by Gasteiger charge is 2.51. The van der Waals surface area contributed by atoms with E-state index in [1.165, 1.54) is 0 Å². The number of pyridine rings is 1. The Morgan fingerprint density at radius 1 is 1.14 bits per heavy atom. The van der Waals surface area contributed by atoms with Gasteiger partial charge in [0.05, 0.1) is 16.2 Å². The first-order valence-corrected chi connectivity index (χ1v) is 15.0. The Labute approximate surface area is 221 Å². The number of hydrogen-bond donors (Lipinski definition) is 0. The van der Waals surface area contributed by atoms with Gasteiger partial charge >= 0.3 is 0 Å². The van der Waals surface area contributed by atoms with Crippen LogP contribution in [0.25, 0.3) is 10.9 Å². The van der Waals surface area contributed by atoms with Crippen LogP contribution in [0.5, 0.6) is 0 Å². The fourth-order valence-corrected chi connectivity index (χ4v) is 8.56. The van der Waals surface area contributed by atoms with E-state index in [9.17, 15) is 8.42 Å². The number of anilines is 1. The van der Waals surface area contributed by atoms with E-state index in [4.69, 9.17) is 4.98 Å². The van der Waals surface area contributed by atoms with E-state index in [0.29, 0.717) is 35.6 Å². The second-order valence-electron chi connectivity index (χ2n) is 11.2. The largest absolute Gasteiger partial charge is 0.355 e. The molecule has 0 aliphatic carbocycles. The van der Waals surface area contributed by atoms with Gasteiger partial charge in [-0.2, -0.15) is 9.40 Å². The summed E-state index contributed by atoms with van der Waals surface area (Å²) in [6, 6.07) is 9.67. The molecule has 1 aromatic carbocycles. The lowest BCUT2D eigenvalue weighted by molar-refractivity contribution is 0.290. The Kier molecular flexibility index (Phi) is 6.13. The van der Waals surface area contributed by atoms with Crippen molar-refractivity contribution in [2.45, 2.75) is 31.2 Å². The first-order chi connectivity index (χ1) is 17.2. The summed E-state index contributed by atoms with van der Waals surface area (Å²) in [7, 11) is -1.55. The summed E-state index contributed by atoms with van der Waals surface area (Å²) in [6.07, 6.45) is 5.77. The molecule has 2 aromatic heterocycles. The third-order valence-corrected chi connectivity index (χ3v) is 10.6. The van der Waals surface area contributed by atoms with Crippen molar-refractivity contribution >= 4 is 42.7 Å². The molecule has 8 nitrogen and oxygen atoms in total. The number of rotatable bonds is 5. The molecule has 3 saturated heterocycles. The van der Waals surface area contributed by atoms with Gasteiger partial charge in [-0.3, -0.25) is 4.68 Å². The quantitative estimate of drug-likeness (QED) is 0.464. The van der Waals surface area contributed by atoms with Gasteiger partial charge in [-0.05, 0) is 65.2 Å². The number of piperidine rings is 1. The lowest BCUT2D eigenvalue weighted by Gasteiger charge is -2.34. The van der Waals surface area contributed by atoms with Crippen LogP contribution in [0.3, 0.4) is 0 Å². The molecule has 0 radical (unpaired) electrons. The fourth-order valence-electron chi connectivity index (χ4n) is 6.43. The molecule has 0 N–H and O–H groups in total. The summed E-state index contributed by atoms with van der Waals surface area (Å²) in [5.41, 5.74) is 0.841. The minimum Gasteiger partial charge on any atom is -0.355 e. The molecule has 36 heavy (non-hydrogen) atoms. The van der Waals surface area contributed by atoms with E-state index < -0.39 is 10.0 Å². The maximum Gasteiger partial charge on any atom is 0.246 e. The summed E-state index contributed by atoms with van der Waals surface area (Å²) in [6.45, 7) is 7.71. The number of nitrogens with zero attached hydrogens (tertiary/aromatic N) is 6. The fraction of sp³-hybridized carbons (Fsp3) is 0.538. The summed E-state index contributed by atoms with van der Waals surface area (Å²) in [5.74, 6) is 1.48. The molecule has 0 bridgehead atoms. The number of para-hydroxylation sites is 1. The van der Waals surface area contributed by atoms with Crippen molar-refractivity contribution in [3.8, 4) is 0 Å². The first kappa shape index (κ1) is 24.3. The van der Waals surface area contributed by atoms with E-state index in [1.54, 1.807) is 4.31 Å². The molecule has 2 atom stereocenters. The monoisotopic (exact) mass is 572 g/mol. The average molecular weight is 574 g/mol. The second kappa shape index (κ2) is 9.08. The summed E-state index contributed by atoms with van der Waals surface area (Å²) < 4.78 is 33.0. The zero-order valence-electron chi connectivity index (χ0n) is 20.8. The zero-order valence-corrected chi connectivity index (χ0v) is 23.2. The van der Waals surface area contributed by atoms with Crippen LogP contribution in [0, 0.1) is 17.3 Å². The van der Waals surface area contributed by atoms with Gasteiger partial charge in [0.25, 0.3) is 0 Å². The summed E-state index contributed by atoms with van der Waals surface area (Å²) in [4.78, 5) is 9.80. The molecule has 5 heterocycles.